The minimum absolute atomic E-state index is 0.961. The zero-order valence-corrected chi connectivity index (χ0v) is 35.9. The summed E-state index contributed by atoms with van der Waals surface area (Å²) >= 11 is 0. The van der Waals surface area contributed by atoms with Gasteiger partial charge in [0.1, 0.15) is 0 Å². The summed E-state index contributed by atoms with van der Waals surface area (Å²) in [5, 5.41) is 0. The van der Waals surface area contributed by atoms with Crippen LogP contribution in [0, 0.1) is 55.4 Å². The van der Waals surface area contributed by atoms with Gasteiger partial charge in [-0.2, -0.15) is 0 Å². The van der Waals surface area contributed by atoms with Crippen LogP contribution in [-0.4, -0.2) is 0 Å². The second-order valence-electron chi connectivity index (χ2n) is 15.8. The van der Waals surface area contributed by atoms with Gasteiger partial charge in [-0.3, -0.25) is 0 Å². The highest BCUT2D eigenvalue weighted by molar-refractivity contribution is 5.65. The van der Waals surface area contributed by atoms with Crippen LogP contribution in [0.4, 0.5) is 0 Å². The third-order valence-corrected chi connectivity index (χ3v) is 10.2. The summed E-state index contributed by atoms with van der Waals surface area (Å²) < 4.78 is 0. The van der Waals surface area contributed by atoms with E-state index in [0.29, 0.717) is 0 Å². The van der Waals surface area contributed by atoms with Crippen LogP contribution in [0.25, 0.3) is 22.3 Å². The Hall–Kier alpha value is -6.24. The molecule has 8 aromatic rings. The first-order chi connectivity index (χ1) is 28.0. The SMILES string of the molecule is Cc1ccc(-c2ccc(Cc3ccc(-c4ccc(C)cc4)cc3)cc2)cc1.Cc1ccc(C)cc1.Cc1ccc(C)cc1.Cc1ccc(Cc2ccc(C)cc2)cc1. The standard InChI is InChI=1S/C27H24.C15H16.2C8H10/c1-20-3-11-24(12-4-20)26-15-7-22(8-16-26)19-23-9-17-27(18-10-23)25-13-5-21(2)6-14-25;1-12-3-7-14(8-4-12)11-15-9-5-13(2)6-10-15;2*1-7-3-5-8(2)6-4-7/h3-18H,19H2,1-2H3;3-10H,11H2,1-2H3;2*3-6H,1-2H3. The molecule has 0 aliphatic carbocycles. The molecule has 0 fully saturated rings. The summed E-state index contributed by atoms with van der Waals surface area (Å²) in [6.45, 7) is 16.9. The van der Waals surface area contributed by atoms with Crippen LogP contribution in [0.15, 0.2) is 194 Å². The highest BCUT2D eigenvalue weighted by atomic mass is 14.1. The van der Waals surface area contributed by atoms with Crippen LogP contribution in [0.5, 0.6) is 0 Å². The molecule has 0 saturated carbocycles. The van der Waals surface area contributed by atoms with Crippen molar-refractivity contribution in [3.8, 4) is 22.3 Å². The lowest BCUT2D eigenvalue weighted by Gasteiger charge is -2.07. The van der Waals surface area contributed by atoms with Crippen LogP contribution < -0.4 is 0 Å². The van der Waals surface area contributed by atoms with Gasteiger partial charge in [0, 0.05) is 0 Å². The molecule has 0 heteroatoms. The van der Waals surface area contributed by atoms with E-state index in [1.54, 1.807) is 0 Å². The van der Waals surface area contributed by atoms with Crippen LogP contribution >= 0.6 is 0 Å². The number of benzene rings is 8. The number of aryl methyl sites for hydroxylation is 8. The fraction of sp³-hybridized carbons (Fsp3) is 0.172. The van der Waals surface area contributed by atoms with Gasteiger partial charge in [0.15, 0.2) is 0 Å². The Balaban J connectivity index is 0.000000172. The zero-order valence-electron chi connectivity index (χ0n) is 35.9. The van der Waals surface area contributed by atoms with Gasteiger partial charge in [0.05, 0.1) is 0 Å². The molecule has 58 heavy (non-hydrogen) atoms. The Morgan fingerprint density at radius 1 is 0.172 bits per heavy atom. The second-order valence-corrected chi connectivity index (χ2v) is 15.8. The molecule has 292 valence electrons. The van der Waals surface area contributed by atoms with E-state index in [9.17, 15) is 0 Å². The average molecular weight is 757 g/mol. The van der Waals surface area contributed by atoms with E-state index in [1.807, 2.05) is 0 Å². The van der Waals surface area contributed by atoms with Crippen LogP contribution in [0.1, 0.15) is 66.8 Å². The molecule has 0 atom stereocenters. The summed E-state index contributed by atoms with van der Waals surface area (Å²) in [5.74, 6) is 0. The van der Waals surface area contributed by atoms with Crippen molar-refractivity contribution in [2.45, 2.75) is 68.2 Å². The molecule has 0 unspecified atom stereocenters. The minimum Gasteiger partial charge on any atom is -0.0591 e. The molecule has 0 aliphatic rings. The summed E-state index contributed by atoms with van der Waals surface area (Å²) in [5.41, 5.74) is 21.1. The first-order valence-corrected chi connectivity index (χ1v) is 20.5. The fourth-order valence-electron chi connectivity index (χ4n) is 6.28. The zero-order chi connectivity index (χ0) is 41.3. The lowest BCUT2D eigenvalue weighted by Crippen LogP contribution is -1.89. The van der Waals surface area contributed by atoms with Gasteiger partial charge in [-0.15, -0.1) is 0 Å². The Kier molecular flexibility index (Phi) is 16.2. The quantitative estimate of drug-likeness (QED) is 0.158. The number of rotatable bonds is 6. The summed E-state index contributed by atoms with van der Waals surface area (Å²) in [7, 11) is 0. The monoisotopic (exact) mass is 756 g/mol. The molecule has 0 aromatic heterocycles. The van der Waals surface area contributed by atoms with Gasteiger partial charge in [-0.1, -0.05) is 239 Å². The largest absolute Gasteiger partial charge is 0.0591 e. The molecular formula is C58H60. The molecule has 8 aromatic carbocycles. The van der Waals surface area contributed by atoms with E-state index in [4.69, 9.17) is 0 Å². The molecule has 0 bridgehead atoms. The maximum absolute atomic E-state index is 2.24. The van der Waals surface area contributed by atoms with Gasteiger partial charge < -0.3 is 0 Å². The number of hydrogen-bond acceptors (Lipinski definition) is 0. The van der Waals surface area contributed by atoms with Crippen LogP contribution in [-0.2, 0) is 12.8 Å². The molecule has 0 amide bonds. The third kappa shape index (κ3) is 14.7. The van der Waals surface area contributed by atoms with Gasteiger partial charge >= 0.3 is 0 Å². The highest BCUT2D eigenvalue weighted by Crippen LogP contribution is 2.24. The molecule has 0 nitrogen and oxygen atoms in total. The first kappa shape index (κ1) is 42.9. The van der Waals surface area contributed by atoms with Crippen molar-refractivity contribution in [1.82, 2.24) is 0 Å². The van der Waals surface area contributed by atoms with Crippen molar-refractivity contribution in [3.63, 3.8) is 0 Å². The Morgan fingerprint density at radius 3 is 0.483 bits per heavy atom. The van der Waals surface area contributed by atoms with Crippen molar-refractivity contribution >= 4 is 0 Å². The van der Waals surface area contributed by atoms with E-state index in [0.717, 1.165) is 12.8 Å². The summed E-state index contributed by atoms with van der Waals surface area (Å²) in [6.07, 6.45) is 1.99. The maximum atomic E-state index is 2.24. The van der Waals surface area contributed by atoms with Gasteiger partial charge in [0.25, 0.3) is 0 Å². The normalized spacial score (nSPS) is 10.2. The van der Waals surface area contributed by atoms with Gasteiger partial charge in [-0.05, 0) is 113 Å². The third-order valence-electron chi connectivity index (χ3n) is 10.2. The minimum atomic E-state index is 0.961. The van der Waals surface area contributed by atoms with Gasteiger partial charge in [0.2, 0.25) is 0 Å². The molecule has 0 aliphatic heterocycles. The topological polar surface area (TPSA) is 0 Å². The lowest BCUT2D eigenvalue weighted by atomic mass is 9.98. The van der Waals surface area contributed by atoms with E-state index >= 15 is 0 Å². The van der Waals surface area contributed by atoms with E-state index in [2.05, 4.69) is 250 Å². The van der Waals surface area contributed by atoms with Crippen LogP contribution in [0.2, 0.25) is 0 Å². The fourth-order valence-corrected chi connectivity index (χ4v) is 6.28. The molecule has 0 radical (unpaired) electrons. The van der Waals surface area contributed by atoms with Crippen molar-refractivity contribution in [2.24, 2.45) is 0 Å². The van der Waals surface area contributed by atoms with Crippen molar-refractivity contribution in [2.75, 3.05) is 0 Å². The maximum Gasteiger partial charge on any atom is -0.00258 e. The molecular weight excluding hydrogens is 697 g/mol. The van der Waals surface area contributed by atoms with Gasteiger partial charge in [-0.25, -0.2) is 0 Å². The first-order valence-electron chi connectivity index (χ1n) is 20.5. The molecule has 0 N–H and O–H groups in total. The van der Waals surface area contributed by atoms with E-state index < -0.39 is 0 Å². The average Bonchev–Trinajstić information content (AvgIpc) is 3.24. The van der Waals surface area contributed by atoms with E-state index in [1.165, 1.54) is 89.0 Å². The molecule has 0 saturated heterocycles. The Labute approximate surface area is 349 Å². The molecule has 0 heterocycles. The summed E-state index contributed by atoms with van der Waals surface area (Å²) in [4.78, 5) is 0. The Bertz CT molecular complexity index is 2140. The van der Waals surface area contributed by atoms with E-state index in [-0.39, 0.29) is 0 Å². The Morgan fingerprint density at radius 2 is 0.293 bits per heavy atom. The molecule has 0 spiro atoms. The predicted octanol–water partition coefficient (Wildman–Crippen LogP) is 15.7. The summed E-state index contributed by atoms with van der Waals surface area (Å²) in [6, 6.07) is 69.7. The smallest absolute Gasteiger partial charge is 0.00258 e. The van der Waals surface area contributed by atoms with Crippen molar-refractivity contribution < 1.29 is 0 Å². The second kappa shape index (κ2) is 21.9. The predicted molar refractivity (Wildman–Crippen MR) is 253 cm³/mol. The molecule has 8 rings (SSSR count). The van der Waals surface area contributed by atoms with Crippen LogP contribution in [0.3, 0.4) is 0 Å². The van der Waals surface area contributed by atoms with Crippen molar-refractivity contribution in [1.29, 1.82) is 0 Å². The lowest BCUT2D eigenvalue weighted by molar-refractivity contribution is 1.18. The highest BCUT2D eigenvalue weighted by Gasteiger charge is 2.02. The number of hydrogen-bond donors (Lipinski definition) is 0. The van der Waals surface area contributed by atoms with Crippen molar-refractivity contribution in [3.05, 3.63) is 261 Å².